The van der Waals surface area contributed by atoms with Crippen LogP contribution in [0.5, 0.6) is 0 Å². The van der Waals surface area contributed by atoms with Crippen LogP contribution in [0.1, 0.15) is 79.4 Å². The molecule has 256 valence electrons. The minimum absolute atomic E-state index is 0.0996. The Kier molecular flexibility index (Phi) is 9.31. The van der Waals surface area contributed by atoms with Gasteiger partial charge in [0, 0.05) is 52.9 Å². The number of ketones is 4. The third-order valence-corrected chi connectivity index (χ3v) is 11.1. The third kappa shape index (κ3) is 5.92. The van der Waals surface area contributed by atoms with E-state index in [1.165, 1.54) is 90.1 Å². The Balaban J connectivity index is 1.68. The normalized spacial score (nSPS) is 16.2. The first kappa shape index (κ1) is 36.1. The molecule has 0 N–H and O–H groups in total. The van der Waals surface area contributed by atoms with Gasteiger partial charge in [-0.15, -0.1) is 22.7 Å². The molecule has 0 unspecified atom stereocenters. The Morgan fingerprint density at radius 3 is 1.14 bits per heavy atom. The average molecular weight is 717 g/mol. The maximum absolute atomic E-state index is 15.9. The Morgan fingerprint density at radius 2 is 0.857 bits per heavy atom. The Labute approximate surface area is 286 Å². The van der Waals surface area contributed by atoms with Crippen molar-refractivity contribution >= 4 is 57.0 Å². The zero-order valence-electron chi connectivity index (χ0n) is 27.3. The largest absolute Gasteiger partial charge is 0.380 e. The molecule has 0 bridgehead atoms. The molecule has 2 aromatic heterocycles. The van der Waals surface area contributed by atoms with E-state index in [-0.39, 0.29) is 56.4 Å². The predicted octanol–water partition coefficient (Wildman–Crippen LogP) is 10.5. The Bertz CT molecular complexity index is 1920. The number of carbonyl (C=O) groups excluding carboxylic acids is 4. The maximum atomic E-state index is 15.9. The molecule has 0 radical (unpaired) electrons. The van der Waals surface area contributed by atoms with Gasteiger partial charge in [-0.2, -0.15) is 26.3 Å². The number of Topliss-reactive ketones (excluding diaryl/α,β-unsaturated/α-hetero) is 4. The van der Waals surface area contributed by atoms with Crippen molar-refractivity contribution in [2.24, 2.45) is 0 Å². The van der Waals surface area contributed by atoms with Crippen molar-refractivity contribution in [3.8, 4) is 20.9 Å². The molecular formula is C37H30F6O4S2. The number of rotatable bonds is 10. The number of benzene rings is 2. The molecular weight excluding hydrogens is 687 g/mol. The van der Waals surface area contributed by atoms with Gasteiger partial charge in [0.2, 0.25) is 0 Å². The van der Waals surface area contributed by atoms with Gasteiger partial charge < -0.3 is 0 Å². The second-order valence-corrected chi connectivity index (χ2v) is 14.7. The summed E-state index contributed by atoms with van der Waals surface area (Å²) in [5.41, 5.74) is -2.07. The van der Waals surface area contributed by atoms with Crippen molar-refractivity contribution in [1.29, 1.82) is 0 Å². The standard InChI is InChI=1S/C37H30F6O4S2/c1-17(44)15-27(46)23-7-11-25(12-8-23)33-19(3)29(21(5)48-33)31-32(36(40,41)37(42,43)35(31,38)39)30-20(4)34(49-22(30)6)26-13-9-24(10-14-26)28(47)16-18(2)45/h7-14H,15-16H2,1-6H3. The lowest BCUT2D eigenvalue weighted by Crippen LogP contribution is -2.49. The second kappa shape index (κ2) is 12.6. The number of allylic oxidation sites excluding steroid dienone is 2. The highest BCUT2D eigenvalue weighted by molar-refractivity contribution is 7.16. The maximum Gasteiger partial charge on any atom is 0.380 e. The minimum atomic E-state index is -5.75. The lowest BCUT2D eigenvalue weighted by Gasteiger charge is -2.26. The fraction of sp³-hybridized carbons (Fsp3) is 0.297. The fourth-order valence-corrected chi connectivity index (χ4v) is 8.60. The van der Waals surface area contributed by atoms with E-state index in [0.29, 0.717) is 20.9 Å². The fourth-order valence-electron chi connectivity index (χ4n) is 6.25. The summed E-state index contributed by atoms with van der Waals surface area (Å²) < 4.78 is 94.4. The van der Waals surface area contributed by atoms with Crippen molar-refractivity contribution in [1.82, 2.24) is 0 Å². The van der Waals surface area contributed by atoms with Gasteiger partial charge in [0.15, 0.2) is 11.6 Å². The molecule has 12 heteroatoms. The number of carbonyl (C=O) groups is 4. The molecule has 1 aliphatic carbocycles. The van der Waals surface area contributed by atoms with Gasteiger partial charge in [0.05, 0.1) is 12.8 Å². The smallest absolute Gasteiger partial charge is 0.300 e. The van der Waals surface area contributed by atoms with Gasteiger partial charge in [0.1, 0.15) is 11.6 Å². The lowest BCUT2D eigenvalue weighted by atomic mass is 9.89. The van der Waals surface area contributed by atoms with E-state index < -0.39 is 51.6 Å². The molecule has 2 aromatic carbocycles. The first-order valence-electron chi connectivity index (χ1n) is 15.1. The first-order valence-corrected chi connectivity index (χ1v) is 16.7. The number of halogens is 6. The van der Waals surface area contributed by atoms with E-state index >= 15 is 26.3 Å². The molecule has 49 heavy (non-hydrogen) atoms. The first-order chi connectivity index (χ1) is 22.7. The van der Waals surface area contributed by atoms with Crippen molar-refractivity contribution in [2.45, 2.75) is 72.2 Å². The van der Waals surface area contributed by atoms with Crippen molar-refractivity contribution < 1.29 is 45.5 Å². The van der Waals surface area contributed by atoms with Gasteiger partial charge in [-0.05, 0) is 63.8 Å². The highest BCUT2D eigenvalue weighted by Gasteiger charge is 2.80. The summed E-state index contributed by atoms with van der Waals surface area (Å²) in [5, 5.41) is 0. The number of hydrogen-bond acceptors (Lipinski definition) is 6. The van der Waals surface area contributed by atoms with E-state index in [1.54, 1.807) is 0 Å². The summed E-state index contributed by atoms with van der Waals surface area (Å²) in [6.45, 7) is 8.19. The predicted molar refractivity (Wildman–Crippen MR) is 179 cm³/mol. The van der Waals surface area contributed by atoms with Gasteiger partial charge in [-0.1, -0.05) is 48.5 Å². The molecule has 0 amide bonds. The summed E-state index contributed by atoms with van der Waals surface area (Å²) in [7, 11) is 0. The number of alkyl halides is 6. The van der Waals surface area contributed by atoms with E-state index in [2.05, 4.69) is 0 Å². The van der Waals surface area contributed by atoms with Crippen LogP contribution in [0.4, 0.5) is 26.3 Å². The van der Waals surface area contributed by atoms with Crippen LogP contribution in [0.2, 0.25) is 0 Å². The van der Waals surface area contributed by atoms with E-state index in [4.69, 9.17) is 0 Å². The minimum Gasteiger partial charge on any atom is -0.300 e. The number of thiophene rings is 2. The quantitative estimate of drug-likeness (QED) is 0.0931. The van der Waals surface area contributed by atoms with Crippen molar-refractivity contribution in [3.63, 3.8) is 0 Å². The molecule has 2 heterocycles. The Morgan fingerprint density at radius 1 is 0.551 bits per heavy atom. The van der Waals surface area contributed by atoms with Crippen LogP contribution in [0.15, 0.2) is 48.5 Å². The van der Waals surface area contributed by atoms with Crippen LogP contribution >= 0.6 is 22.7 Å². The van der Waals surface area contributed by atoms with E-state index in [1.807, 2.05) is 0 Å². The molecule has 5 rings (SSSR count). The van der Waals surface area contributed by atoms with E-state index in [0.717, 1.165) is 22.7 Å². The highest BCUT2D eigenvalue weighted by atomic mass is 32.1. The molecule has 4 nitrogen and oxygen atoms in total. The Hall–Kier alpha value is -4.16. The zero-order chi connectivity index (χ0) is 36.4. The summed E-state index contributed by atoms with van der Waals surface area (Å²) in [4.78, 5) is 48.4. The highest BCUT2D eigenvalue weighted by Crippen LogP contribution is 2.67. The molecule has 0 atom stereocenters. The molecule has 4 aromatic rings. The monoisotopic (exact) mass is 716 g/mol. The van der Waals surface area contributed by atoms with Crippen LogP contribution < -0.4 is 0 Å². The SMILES string of the molecule is CC(=O)CC(=O)c1ccc(-c2sc(C)c(C3=C(c4c(C)sc(-c5ccc(C(=O)CC(C)=O)cc5)c4C)C(F)(F)C(F)(F)C3(F)F)c2C)cc1. The summed E-state index contributed by atoms with van der Waals surface area (Å²) in [5.74, 6) is -17.7. The zero-order valence-corrected chi connectivity index (χ0v) is 28.9. The summed E-state index contributed by atoms with van der Waals surface area (Å²) in [6, 6.07) is 11.9. The summed E-state index contributed by atoms with van der Waals surface area (Å²) in [6.07, 6.45) is -0.603. The van der Waals surface area contributed by atoms with Crippen molar-refractivity contribution in [3.05, 3.63) is 91.7 Å². The lowest BCUT2D eigenvalue weighted by molar-refractivity contribution is -0.254. The van der Waals surface area contributed by atoms with Crippen LogP contribution in [0.3, 0.4) is 0 Å². The summed E-state index contributed by atoms with van der Waals surface area (Å²) >= 11 is 1.96. The van der Waals surface area contributed by atoms with Gasteiger partial charge in [-0.25, -0.2) is 0 Å². The average Bonchev–Trinajstić information content (AvgIpc) is 3.50. The van der Waals surface area contributed by atoms with Crippen LogP contribution in [-0.2, 0) is 9.59 Å². The van der Waals surface area contributed by atoms with Crippen molar-refractivity contribution in [2.75, 3.05) is 0 Å². The van der Waals surface area contributed by atoms with Crippen LogP contribution in [-0.4, -0.2) is 40.9 Å². The van der Waals surface area contributed by atoms with Crippen LogP contribution in [0.25, 0.3) is 32.0 Å². The molecule has 0 fully saturated rings. The third-order valence-electron chi connectivity index (χ3n) is 8.57. The topological polar surface area (TPSA) is 68.3 Å². The molecule has 1 aliphatic rings. The number of aryl methyl sites for hydroxylation is 2. The molecule has 0 aliphatic heterocycles. The van der Waals surface area contributed by atoms with E-state index in [9.17, 15) is 19.2 Å². The van der Waals surface area contributed by atoms with Gasteiger partial charge in [0.25, 0.3) is 0 Å². The second-order valence-electron chi connectivity index (χ2n) is 12.2. The number of hydrogen-bond donors (Lipinski definition) is 0. The van der Waals surface area contributed by atoms with Crippen LogP contribution in [0, 0.1) is 27.7 Å². The molecule has 0 spiro atoms. The van der Waals surface area contributed by atoms with Gasteiger partial charge in [-0.3, -0.25) is 19.2 Å². The molecule has 0 saturated heterocycles. The molecule has 0 saturated carbocycles. The van der Waals surface area contributed by atoms with Gasteiger partial charge >= 0.3 is 17.8 Å².